The van der Waals surface area contributed by atoms with Crippen LogP contribution in [0.1, 0.15) is 10.5 Å². The number of carbonyl (C=O) groups excluding carboxylic acids is 1. The third-order valence-electron chi connectivity index (χ3n) is 3.08. The second kappa shape index (κ2) is 5.96. The van der Waals surface area contributed by atoms with Crippen molar-refractivity contribution in [2.24, 2.45) is 0 Å². The summed E-state index contributed by atoms with van der Waals surface area (Å²) >= 11 is 0. The molecule has 1 amide bonds. The molecule has 0 aliphatic heterocycles. The van der Waals surface area contributed by atoms with Crippen molar-refractivity contribution >= 4 is 17.3 Å². The molecule has 0 spiro atoms. The second-order valence-electron chi connectivity index (χ2n) is 4.53. The number of benzene rings is 2. The largest absolute Gasteiger partial charge is 0.357 e. The van der Waals surface area contributed by atoms with E-state index in [1.54, 1.807) is 23.3 Å². The van der Waals surface area contributed by atoms with Crippen molar-refractivity contribution in [1.29, 1.82) is 0 Å². The summed E-state index contributed by atoms with van der Waals surface area (Å²) in [5.74, 6) is -0.187. The van der Waals surface area contributed by atoms with E-state index < -0.39 is 0 Å². The van der Waals surface area contributed by atoms with Gasteiger partial charge in [0, 0.05) is 6.20 Å². The van der Waals surface area contributed by atoms with Gasteiger partial charge in [-0.1, -0.05) is 36.4 Å². The van der Waals surface area contributed by atoms with Crippen LogP contribution in [-0.4, -0.2) is 10.9 Å². The number of aromatic amines is 1. The number of anilines is 2. The molecule has 0 saturated heterocycles. The number of carbonyl (C=O) groups is 1. The summed E-state index contributed by atoms with van der Waals surface area (Å²) < 4.78 is 0. The van der Waals surface area contributed by atoms with E-state index in [9.17, 15) is 4.79 Å². The van der Waals surface area contributed by atoms with E-state index in [1.165, 1.54) is 0 Å². The van der Waals surface area contributed by atoms with Crippen molar-refractivity contribution in [3.05, 3.63) is 84.7 Å². The van der Waals surface area contributed by atoms with Gasteiger partial charge >= 0.3 is 0 Å². The normalized spacial score (nSPS) is 10.1. The second-order valence-corrected chi connectivity index (χ2v) is 4.53. The molecule has 2 N–H and O–H groups in total. The average molecular weight is 277 g/mol. The zero-order valence-electron chi connectivity index (χ0n) is 11.4. The van der Waals surface area contributed by atoms with E-state index in [2.05, 4.69) is 10.4 Å². The van der Waals surface area contributed by atoms with E-state index in [4.69, 9.17) is 0 Å². The van der Waals surface area contributed by atoms with Gasteiger partial charge in [-0.15, -0.1) is 0 Å². The molecule has 0 aliphatic rings. The van der Waals surface area contributed by atoms with Crippen molar-refractivity contribution in [3.63, 3.8) is 0 Å². The molecule has 2 aromatic carbocycles. The fraction of sp³-hybridized carbons (Fsp3) is 0. The number of rotatable bonds is 4. The number of nitrogens with zero attached hydrogens (tertiary/aromatic N) is 1. The first-order chi connectivity index (χ1) is 10.3. The van der Waals surface area contributed by atoms with E-state index in [1.807, 2.05) is 60.7 Å². The molecule has 0 bridgehead atoms. The quantitative estimate of drug-likeness (QED) is 0.717. The van der Waals surface area contributed by atoms with Crippen molar-refractivity contribution in [2.45, 2.75) is 0 Å². The highest BCUT2D eigenvalue weighted by molar-refractivity contribution is 5.94. The van der Waals surface area contributed by atoms with Crippen LogP contribution in [0.5, 0.6) is 0 Å². The van der Waals surface area contributed by atoms with Crippen molar-refractivity contribution < 1.29 is 4.79 Å². The van der Waals surface area contributed by atoms with Crippen LogP contribution in [0.15, 0.2) is 79.0 Å². The van der Waals surface area contributed by atoms with Crippen molar-refractivity contribution in [2.75, 3.05) is 5.01 Å². The van der Waals surface area contributed by atoms with E-state index in [-0.39, 0.29) is 5.91 Å². The third-order valence-corrected chi connectivity index (χ3v) is 3.08. The highest BCUT2D eigenvalue weighted by atomic mass is 16.2. The Kier molecular flexibility index (Phi) is 3.69. The smallest absolute Gasteiger partial charge is 0.286 e. The Morgan fingerprint density at radius 2 is 1.38 bits per heavy atom. The number of para-hydroxylation sites is 2. The first-order valence-electron chi connectivity index (χ1n) is 6.69. The predicted molar refractivity (Wildman–Crippen MR) is 83.3 cm³/mol. The van der Waals surface area contributed by atoms with Gasteiger partial charge in [0.2, 0.25) is 0 Å². The van der Waals surface area contributed by atoms with Gasteiger partial charge in [-0.2, -0.15) is 0 Å². The lowest BCUT2D eigenvalue weighted by Crippen LogP contribution is -2.39. The zero-order valence-corrected chi connectivity index (χ0v) is 11.4. The highest BCUT2D eigenvalue weighted by Crippen LogP contribution is 2.22. The predicted octanol–water partition coefficient (Wildman–Crippen LogP) is 3.50. The Labute approximate surface area is 123 Å². The molecule has 0 radical (unpaired) electrons. The Morgan fingerprint density at radius 3 is 1.86 bits per heavy atom. The number of hydrogen-bond donors (Lipinski definition) is 2. The standard InChI is InChI=1S/C17H15N3O/c21-17(16-12-7-13-18-16)19-20(14-8-3-1-4-9-14)15-10-5-2-6-11-15/h1-13,18H,(H,19,21). The minimum Gasteiger partial charge on any atom is -0.357 e. The summed E-state index contributed by atoms with van der Waals surface area (Å²) in [6, 6.07) is 23.0. The Bertz CT molecular complexity index is 654. The van der Waals surface area contributed by atoms with Gasteiger partial charge < -0.3 is 4.98 Å². The fourth-order valence-corrected chi connectivity index (χ4v) is 2.07. The maximum atomic E-state index is 12.3. The van der Waals surface area contributed by atoms with Crippen LogP contribution in [-0.2, 0) is 0 Å². The molecule has 4 heteroatoms. The molecule has 0 fully saturated rings. The number of nitrogens with one attached hydrogen (secondary N) is 2. The summed E-state index contributed by atoms with van der Waals surface area (Å²) in [6.45, 7) is 0. The molecule has 104 valence electrons. The topological polar surface area (TPSA) is 48.1 Å². The van der Waals surface area contributed by atoms with Crippen LogP contribution in [0.3, 0.4) is 0 Å². The van der Waals surface area contributed by atoms with Gasteiger partial charge in [-0.3, -0.25) is 15.2 Å². The van der Waals surface area contributed by atoms with Crippen molar-refractivity contribution in [1.82, 2.24) is 10.4 Å². The third kappa shape index (κ3) is 2.95. The summed E-state index contributed by atoms with van der Waals surface area (Å²) in [5, 5.41) is 1.77. The Balaban J connectivity index is 1.92. The molecule has 21 heavy (non-hydrogen) atoms. The van der Waals surface area contributed by atoms with Gasteiger partial charge in [0.05, 0.1) is 11.4 Å². The molecule has 1 heterocycles. The highest BCUT2D eigenvalue weighted by Gasteiger charge is 2.14. The molecular formula is C17H15N3O. The van der Waals surface area contributed by atoms with Crippen LogP contribution >= 0.6 is 0 Å². The number of aromatic nitrogens is 1. The molecule has 0 atom stereocenters. The lowest BCUT2D eigenvalue weighted by atomic mass is 10.2. The van der Waals surface area contributed by atoms with Gasteiger partial charge in [0.15, 0.2) is 0 Å². The summed E-state index contributed by atoms with van der Waals surface area (Å²) in [4.78, 5) is 15.2. The van der Waals surface area contributed by atoms with Gasteiger partial charge in [0.25, 0.3) is 5.91 Å². The molecule has 3 rings (SSSR count). The van der Waals surface area contributed by atoms with E-state index in [0.717, 1.165) is 11.4 Å². The summed E-state index contributed by atoms with van der Waals surface area (Å²) in [6.07, 6.45) is 1.73. The molecule has 0 aliphatic carbocycles. The number of hydrazine groups is 1. The molecule has 0 saturated carbocycles. The van der Waals surface area contributed by atoms with Crippen LogP contribution in [0.2, 0.25) is 0 Å². The molecule has 1 aromatic heterocycles. The van der Waals surface area contributed by atoms with Crippen molar-refractivity contribution in [3.8, 4) is 0 Å². The minimum absolute atomic E-state index is 0.187. The van der Waals surface area contributed by atoms with Crippen LogP contribution < -0.4 is 10.4 Å². The Morgan fingerprint density at radius 1 is 0.810 bits per heavy atom. The first-order valence-corrected chi connectivity index (χ1v) is 6.69. The van der Waals surface area contributed by atoms with E-state index >= 15 is 0 Å². The lowest BCUT2D eigenvalue weighted by molar-refractivity contribution is 0.0949. The summed E-state index contributed by atoms with van der Waals surface area (Å²) in [7, 11) is 0. The Hall–Kier alpha value is -3.01. The lowest BCUT2D eigenvalue weighted by Gasteiger charge is -2.25. The average Bonchev–Trinajstić information content (AvgIpc) is 3.09. The molecular weight excluding hydrogens is 262 g/mol. The van der Waals surface area contributed by atoms with Crippen LogP contribution in [0, 0.1) is 0 Å². The molecule has 3 aromatic rings. The molecule has 0 unspecified atom stereocenters. The maximum absolute atomic E-state index is 12.3. The SMILES string of the molecule is O=C(NN(c1ccccc1)c1ccccc1)c1ccc[nH]1. The summed E-state index contributed by atoms with van der Waals surface area (Å²) in [5.41, 5.74) is 5.22. The minimum atomic E-state index is -0.187. The first kappa shape index (κ1) is 13.0. The maximum Gasteiger partial charge on any atom is 0.286 e. The van der Waals surface area contributed by atoms with Gasteiger partial charge in [0.1, 0.15) is 5.69 Å². The van der Waals surface area contributed by atoms with E-state index in [0.29, 0.717) is 5.69 Å². The van der Waals surface area contributed by atoms with Gasteiger partial charge in [-0.25, -0.2) is 0 Å². The van der Waals surface area contributed by atoms with Gasteiger partial charge in [-0.05, 0) is 36.4 Å². The zero-order chi connectivity index (χ0) is 14.5. The van der Waals surface area contributed by atoms with Crippen LogP contribution in [0.25, 0.3) is 0 Å². The molecule has 4 nitrogen and oxygen atoms in total. The number of amides is 1. The number of H-pyrrole nitrogens is 1. The fourth-order valence-electron chi connectivity index (χ4n) is 2.07. The number of hydrogen-bond acceptors (Lipinski definition) is 2. The van der Waals surface area contributed by atoms with Crippen LogP contribution in [0.4, 0.5) is 11.4 Å². The monoisotopic (exact) mass is 277 g/mol.